The molecule has 1 aliphatic rings. The molecule has 0 saturated carbocycles. The number of rotatable bonds is 4. The normalized spacial score (nSPS) is 16.6. The fourth-order valence-electron chi connectivity index (χ4n) is 3.38. The highest BCUT2D eigenvalue weighted by Crippen LogP contribution is 2.26. The zero-order valence-electron chi connectivity index (χ0n) is 16.0. The average Bonchev–Trinajstić information content (AvgIpc) is 2.76. The van der Waals surface area contributed by atoms with Gasteiger partial charge in [0.05, 0.1) is 18.8 Å². The predicted molar refractivity (Wildman–Crippen MR) is 109 cm³/mol. The highest BCUT2D eigenvalue weighted by Gasteiger charge is 2.25. The molecular formula is C21H21N5O3. The van der Waals surface area contributed by atoms with Gasteiger partial charge in [0.25, 0.3) is 5.56 Å². The quantitative estimate of drug-likeness (QED) is 0.723. The van der Waals surface area contributed by atoms with E-state index in [-0.39, 0.29) is 11.7 Å². The summed E-state index contributed by atoms with van der Waals surface area (Å²) in [5, 5.41) is 0. The van der Waals surface area contributed by atoms with Crippen molar-refractivity contribution in [1.29, 1.82) is 0 Å². The van der Waals surface area contributed by atoms with Gasteiger partial charge in [0.2, 0.25) is 11.9 Å². The molecule has 8 heteroatoms. The first-order valence-corrected chi connectivity index (χ1v) is 9.28. The predicted octanol–water partition coefficient (Wildman–Crippen LogP) is 1.52. The number of aromatic nitrogens is 3. The molecule has 1 fully saturated rings. The third-order valence-electron chi connectivity index (χ3n) is 5.00. The lowest BCUT2D eigenvalue weighted by atomic mass is 10.1. The van der Waals surface area contributed by atoms with Crippen LogP contribution in [0.4, 0.5) is 5.95 Å². The first-order chi connectivity index (χ1) is 14.0. The summed E-state index contributed by atoms with van der Waals surface area (Å²) in [6.45, 7) is 1.66. The van der Waals surface area contributed by atoms with Crippen molar-refractivity contribution in [3.05, 3.63) is 76.3 Å². The summed E-state index contributed by atoms with van der Waals surface area (Å²) in [6.07, 6.45) is 3.15. The zero-order valence-corrected chi connectivity index (χ0v) is 16.0. The highest BCUT2D eigenvalue weighted by molar-refractivity contribution is 5.92. The number of hydrogen-bond acceptors (Lipinski definition) is 6. The first-order valence-electron chi connectivity index (χ1n) is 9.28. The minimum Gasteiger partial charge on any atom is -0.370 e. The molecule has 2 N–H and O–H groups in total. The van der Waals surface area contributed by atoms with Crippen LogP contribution in [-0.4, -0.2) is 40.1 Å². The number of ether oxygens (including phenoxy) is 1. The Balaban J connectivity index is 1.63. The molecule has 0 unspecified atom stereocenters. The summed E-state index contributed by atoms with van der Waals surface area (Å²) in [4.78, 5) is 34.6. The number of nitrogens with zero attached hydrogens (tertiary/aromatic N) is 4. The number of carbonyl (C=O) groups is 1. The van der Waals surface area contributed by atoms with Gasteiger partial charge in [0, 0.05) is 43.2 Å². The van der Waals surface area contributed by atoms with Crippen molar-refractivity contribution in [3.63, 3.8) is 0 Å². The van der Waals surface area contributed by atoms with E-state index in [9.17, 15) is 9.59 Å². The number of primary amides is 1. The Labute approximate surface area is 167 Å². The van der Waals surface area contributed by atoms with Crippen molar-refractivity contribution < 1.29 is 9.53 Å². The lowest BCUT2D eigenvalue weighted by Gasteiger charge is -2.34. The fraction of sp³-hybridized carbons (Fsp3) is 0.238. The van der Waals surface area contributed by atoms with Crippen molar-refractivity contribution in [2.75, 3.05) is 24.6 Å². The van der Waals surface area contributed by atoms with Crippen LogP contribution in [0.25, 0.3) is 11.3 Å². The van der Waals surface area contributed by atoms with Crippen LogP contribution in [0.3, 0.4) is 0 Å². The number of hydrogen-bond donors (Lipinski definition) is 1. The number of pyridine rings is 1. The van der Waals surface area contributed by atoms with Gasteiger partial charge in [-0.25, -0.2) is 4.98 Å². The van der Waals surface area contributed by atoms with E-state index in [1.54, 1.807) is 36.1 Å². The van der Waals surface area contributed by atoms with E-state index in [0.29, 0.717) is 36.9 Å². The van der Waals surface area contributed by atoms with Gasteiger partial charge in [-0.2, -0.15) is 0 Å². The van der Waals surface area contributed by atoms with Crippen molar-refractivity contribution in [2.45, 2.75) is 6.10 Å². The molecule has 1 aromatic carbocycles. The van der Waals surface area contributed by atoms with Gasteiger partial charge < -0.3 is 15.4 Å². The van der Waals surface area contributed by atoms with Crippen LogP contribution in [0.5, 0.6) is 0 Å². The number of nitrogens with two attached hydrogens (primary N) is 1. The summed E-state index contributed by atoms with van der Waals surface area (Å²) in [5.41, 5.74) is 8.02. The molecule has 4 rings (SSSR count). The largest absolute Gasteiger partial charge is 0.370 e. The number of amides is 1. The maximum atomic E-state index is 12.5. The Morgan fingerprint density at radius 2 is 1.90 bits per heavy atom. The van der Waals surface area contributed by atoms with Gasteiger partial charge in [0.15, 0.2) is 0 Å². The van der Waals surface area contributed by atoms with Crippen LogP contribution in [0.2, 0.25) is 0 Å². The molecule has 1 amide bonds. The van der Waals surface area contributed by atoms with E-state index in [1.165, 1.54) is 6.07 Å². The minimum atomic E-state index is -0.463. The Kier molecular flexibility index (Phi) is 5.09. The van der Waals surface area contributed by atoms with E-state index in [0.717, 1.165) is 11.1 Å². The number of morpholine rings is 1. The molecule has 1 aliphatic heterocycles. The second-order valence-corrected chi connectivity index (χ2v) is 6.87. The molecule has 0 radical (unpaired) electrons. The van der Waals surface area contributed by atoms with E-state index in [4.69, 9.17) is 15.5 Å². The van der Waals surface area contributed by atoms with Crippen LogP contribution in [0.1, 0.15) is 22.0 Å². The van der Waals surface area contributed by atoms with Crippen LogP contribution in [0, 0.1) is 0 Å². The van der Waals surface area contributed by atoms with Crippen molar-refractivity contribution in [2.24, 2.45) is 12.8 Å². The van der Waals surface area contributed by atoms with Gasteiger partial charge in [-0.1, -0.05) is 12.1 Å². The molecule has 3 aromatic rings. The maximum absolute atomic E-state index is 12.5. The monoisotopic (exact) mass is 391 g/mol. The zero-order chi connectivity index (χ0) is 20.4. The van der Waals surface area contributed by atoms with Crippen LogP contribution >= 0.6 is 0 Å². The summed E-state index contributed by atoms with van der Waals surface area (Å²) < 4.78 is 7.46. The Hall–Kier alpha value is -3.52. The fourth-order valence-corrected chi connectivity index (χ4v) is 3.38. The van der Waals surface area contributed by atoms with E-state index in [2.05, 4.69) is 4.98 Å². The number of benzene rings is 1. The van der Waals surface area contributed by atoms with Crippen LogP contribution in [0.15, 0.2) is 59.7 Å². The molecule has 29 heavy (non-hydrogen) atoms. The van der Waals surface area contributed by atoms with Gasteiger partial charge >= 0.3 is 0 Å². The standard InChI is InChI=1S/C21H21N5O3/c1-25-19(27)12-17(14-6-8-23-9-7-14)24-21(25)26-10-11-29-18(13-26)15-2-4-16(5-3-15)20(22)28/h2-9,12,18H,10-11,13H2,1H3,(H2,22,28)/t18-/m1/s1. The molecular weight excluding hydrogens is 370 g/mol. The van der Waals surface area contributed by atoms with Crippen LogP contribution < -0.4 is 16.2 Å². The minimum absolute atomic E-state index is 0.129. The number of carbonyl (C=O) groups excluding carboxylic acids is 1. The van der Waals surface area contributed by atoms with Crippen molar-refractivity contribution >= 4 is 11.9 Å². The molecule has 3 heterocycles. The highest BCUT2D eigenvalue weighted by atomic mass is 16.5. The van der Waals surface area contributed by atoms with E-state index in [1.807, 2.05) is 29.2 Å². The summed E-state index contributed by atoms with van der Waals surface area (Å²) in [5.74, 6) is 0.126. The summed E-state index contributed by atoms with van der Waals surface area (Å²) in [6, 6.07) is 12.2. The molecule has 0 bridgehead atoms. The smallest absolute Gasteiger partial charge is 0.255 e. The molecule has 1 atom stereocenters. The third-order valence-corrected chi connectivity index (χ3v) is 5.00. The summed E-state index contributed by atoms with van der Waals surface area (Å²) >= 11 is 0. The van der Waals surface area contributed by atoms with Gasteiger partial charge in [-0.05, 0) is 29.8 Å². The third kappa shape index (κ3) is 3.88. The Bertz CT molecular complexity index is 1080. The first kappa shape index (κ1) is 18.8. The molecule has 148 valence electrons. The maximum Gasteiger partial charge on any atom is 0.255 e. The Morgan fingerprint density at radius 3 is 2.59 bits per heavy atom. The van der Waals surface area contributed by atoms with E-state index >= 15 is 0 Å². The Morgan fingerprint density at radius 1 is 1.17 bits per heavy atom. The average molecular weight is 391 g/mol. The van der Waals surface area contributed by atoms with Gasteiger partial charge in [-0.3, -0.25) is 19.1 Å². The lowest BCUT2D eigenvalue weighted by molar-refractivity contribution is 0.0389. The van der Waals surface area contributed by atoms with Gasteiger partial charge in [0.1, 0.15) is 6.10 Å². The second kappa shape index (κ2) is 7.84. The van der Waals surface area contributed by atoms with Gasteiger partial charge in [-0.15, -0.1) is 0 Å². The molecule has 2 aromatic heterocycles. The molecule has 1 saturated heterocycles. The van der Waals surface area contributed by atoms with Crippen molar-refractivity contribution in [1.82, 2.24) is 14.5 Å². The van der Waals surface area contributed by atoms with E-state index < -0.39 is 5.91 Å². The molecule has 0 aliphatic carbocycles. The molecule has 8 nitrogen and oxygen atoms in total. The summed E-state index contributed by atoms with van der Waals surface area (Å²) in [7, 11) is 1.72. The van der Waals surface area contributed by atoms with Crippen molar-refractivity contribution in [3.8, 4) is 11.3 Å². The lowest BCUT2D eigenvalue weighted by Crippen LogP contribution is -2.41. The molecule has 0 spiro atoms. The number of anilines is 1. The SMILES string of the molecule is Cn1c(N2CCO[C@@H](c3ccc(C(N)=O)cc3)C2)nc(-c2ccncc2)cc1=O. The van der Waals surface area contributed by atoms with Crippen LogP contribution in [-0.2, 0) is 11.8 Å². The topological polar surface area (TPSA) is 103 Å². The second-order valence-electron chi connectivity index (χ2n) is 6.87.